The molecule has 1 aliphatic heterocycles. The first-order valence-corrected chi connectivity index (χ1v) is 10.00. The molecule has 5 nitrogen and oxygen atoms in total. The lowest BCUT2D eigenvalue weighted by molar-refractivity contribution is 0.181. The van der Waals surface area contributed by atoms with E-state index < -0.39 is 0 Å². The lowest BCUT2D eigenvalue weighted by Crippen LogP contribution is -2.42. The summed E-state index contributed by atoms with van der Waals surface area (Å²) in [4.78, 5) is 6.59. The van der Waals surface area contributed by atoms with E-state index in [4.69, 9.17) is 9.47 Å². The molecule has 158 valence electrons. The maximum absolute atomic E-state index is 5.85. The summed E-state index contributed by atoms with van der Waals surface area (Å²) in [6.07, 6.45) is 2.08. The molecule has 0 bridgehead atoms. The van der Waals surface area contributed by atoms with Gasteiger partial charge in [0.1, 0.15) is 12.4 Å². The van der Waals surface area contributed by atoms with E-state index in [9.17, 15) is 0 Å². The summed E-state index contributed by atoms with van der Waals surface area (Å²) in [5.41, 5.74) is 2.46. The Kier molecular flexibility index (Phi) is 10.3. The highest BCUT2D eigenvalue weighted by molar-refractivity contribution is 14.0. The Morgan fingerprint density at radius 1 is 1.14 bits per heavy atom. The zero-order valence-corrected chi connectivity index (χ0v) is 19.7. The van der Waals surface area contributed by atoms with Gasteiger partial charge in [0.25, 0.3) is 0 Å². The van der Waals surface area contributed by atoms with Crippen molar-refractivity contribution in [2.45, 2.75) is 19.4 Å². The van der Waals surface area contributed by atoms with Gasteiger partial charge in [0, 0.05) is 39.7 Å². The highest BCUT2D eigenvalue weighted by Crippen LogP contribution is 2.15. The van der Waals surface area contributed by atoms with Crippen LogP contribution in [0.2, 0.25) is 0 Å². The smallest absolute Gasteiger partial charge is 0.193 e. The number of hydrogen-bond donors (Lipinski definition) is 1. The summed E-state index contributed by atoms with van der Waals surface area (Å²) in [5.74, 6) is 2.44. The Hall–Kier alpha value is -1.80. The van der Waals surface area contributed by atoms with Crippen molar-refractivity contribution < 1.29 is 9.47 Å². The van der Waals surface area contributed by atoms with Crippen molar-refractivity contribution in [1.29, 1.82) is 0 Å². The van der Waals surface area contributed by atoms with Crippen LogP contribution in [0.25, 0.3) is 0 Å². The molecule has 0 aromatic heterocycles. The predicted octanol–water partition coefficient (Wildman–Crippen LogP) is 3.97. The molecule has 1 N–H and O–H groups in total. The Balaban J connectivity index is 0.00000300. The van der Waals surface area contributed by atoms with Crippen LogP contribution in [0.15, 0.2) is 59.6 Å². The third-order valence-corrected chi connectivity index (χ3v) is 5.00. The van der Waals surface area contributed by atoms with Crippen molar-refractivity contribution in [3.8, 4) is 5.75 Å². The van der Waals surface area contributed by atoms with Crippen LogP contribution in [0.5, 0.6) is 5.75 Å². The van der Waals surface area contributed by atoms with Gasteiger partial charge in [-0.1, -0.05) is 42.5 Å². The summed E-state index contributed by atoms with van der Waals surface area (Å²) >= 11 is 0. The van der Waals surface area contributed by atoms with Crippen LogP contribution in [-0.2, 0) is 17.8 Å². The van der Waals surface area contributed by atoms with Crippen molar-refractivity contribution >= 4 is 29.9 Å². The summed E-state index contributed by atoms with van der Waals surface area (Å²) < 4.78 is 11.3. The molecule has 29 heavy (non-hydrogen) atoms. The van der Waals surface area contributed by atoms with Crippen LogP contribution >= 0.6 is 24.0 Å². The predicted molar refractivity (Wildman–Crippen MR) is 129 cm³/mol. The second-order valence-electron chi connectivity index (χ2n) is 7.25. The highest BCUT2D eigenvalue weighted by Gasteiger charge is 2.18. The lowest BCUT2D eigenvalue weighted by Gasteiger charge is -2.24. The SMILES string of the molecule is CN=C(NCCc1ccc(OCc2ccccc2)cc1)N(C)CC1CCOC1.I. The molecule has 0 spiro atoms. The third kappa shape index (κ3) is 7.85. The average molecular weight is 509 g/mol. The first-order chi connectivity index (χ1) is 13.7. The van der Waals surface area contributed by atoms with Crippen molar-refractivity contribution in [2.24, 2.45) is 10.9 Å². The molecule has 1 aliphatic rings. The molecule has 2 aromatic rings. The monoisotopic (exact) mass is 509 g/mol. The molecule has 0 aliphatic carbocycles. The van der Waals surface area contributed by atoms with Gasteiger partial charge in [-0.2, -0.15) is 0 Å². The first-order valence-electron chi connectivity index (χ1n) is 10.00. The maximum Gasteiger partial charge on any atom is 0.193 e. The van der Waals surface area contributed by atoms with Gasteiger partial charge in [0.05, 0.1) is 6.61 Å². The second kappa shape index (κ2) is 12.7. The number of halogens is 1. The number of aliphatic imine (C=N–C) groups is 1. The number of nitrogens with zero attached hydrogens (tertiary/aromatic N) is 2. The van der Waals surface area contributed by atoms with Crippen LogP contribution in [0, 0.1) is 5.92 Å². The molecule has 6 heteroatoms. The van der Waals surface area contributed by atoms with Crippen LogP contribution in [-0.4, -0.2) is 51.3 Å². The van der Waals surface area contributed by atoms with Gasteiger partial charge >= 0.3 is 0 Å². The largest absolute Gasteiger partial charge is 0.489 e. The van der Waals surface area contributed by atoms with Gasteiger partial charge in [-0.25, -0.2) is 0 Å². The van der Waals surface area contributed by atoms with E-state index in [1.54, 1.807) is 0 Å². The number of hydrogen-bond acceptors (Lipinski definition) is 3. The molecule has 0 amide bonds. The Morgan fingerprint density at radius 2 is 1.90 bits per heavy atom. The fourth-order valence-electron chi connectivity index (χ4n) is 3.40. The summed E-state index contributed by atoms with van der Waals surface area (Å²) in [6, 6.07) is 18.6. The molecule has 1 heterocycles. The van der Waals surface area contributed by atoms with Crippen molar-refractivity contribution in [3.05, 3.63) is 65.7 Å². The molecule has 1 atom stereocenters. The number of rotatable bonds is 8. The van der Waals surface area contributed by atoms with Crippen LogP contribution < -0.4 is 10.1 Å². The highest BCUT2D eigenvalue weighted by atomic mass is 127. The zero-order valence-electron chi connectivity index (χ0n) is 17.3. The van der Waals surface area contributed by atoms with E-state index in [2.05, 4.69) is 46.5 Å². The number of nitrogens with one attached hydrogen (secondary N) is 1. The average Bonchev–Trinajstić information content (AvgIpc) is 3.24. The van der Waals surface area contributed by atoms with Crippen LogP contribution in [0.1, 0.15) is 17.5 Å². The zero-order chi connectivity index (χ0) is 19.6. The Labute approximate surface area is 191 Å². The molecular weight excluding hydrogens is 477 g/mol. The Bertz CT molecular complexity index is 732. The molecule has 1 saturated heterocycles. The molecular formula is C23H32IN3O2. The Morgan fingerprint density at radius 3 is 2.55 bits per heavy atom. The minimum absolute atomic E-state index is 0. The van der Waals surface area contributed by atoms with Crippen LogP contribution in [0.4, 0.5) is 0 Å². The van der Waals surface area contributed by atoms with E-state index in [1.807, 2.05) is 37.4 Å². The van der Waals surface area contributed by atoms with Crippen molar-refractivity contribution in [2.75, 3.05) is 40.4 Å². The van der Waals surface area contributed by atoms with Crippen molar-refractivity contribution in [1.82, 2.24) is 10.2 Å². The maximum atomic E-state index is 5.85. The fraction of sp³-hybridized carbons (Fsp3) is 0.435. The van der Waals surface area contributed by atoms with Gasteiger partial charge in [0.15, 0.2) is 5.96 Å². The summed E-state index contributed by atoms with van der Waals surface area (Å²) in [5, 5.41) is 3.46. The molecule has 1 fully saturated rings. The molecule has 3 rings (SSSR count). The lowest BCUT2D eigenvalue weighted by atomic mass is 10.1. The normalized spacial score (nSPS) is 16.2. The minimum Gasteiger partial charge on any atom is -0.489 e. The van der Waals surface area contributed by atoms with Crippen molar-refractivity contribution in [3.63, 3.8) is 0 Å². The van der Waals surface area contributed by atoms with E-state index in [1.165, 1.54) is 11.1 Å². The molecule has 1 unspecified atom stereocenters. The number of benzene rings is 2. The standard InChI is InChI=1S/C23H31N3O2.HI/c1-24-23(26(2)16-21-13-15-27-17-21)25-14-12-19-8-10-22(11-9-19)28-18-20-6-4-3-5-7-20;/h3-11,21H,12-18H2,1-2H3,(H,24,25);1H. The van der Waals surface area contributed by atoms with E-state index in [0.29, 0.717) is 12.5 Å². The topological polar surface area (TPSA) is 46.1 Å². The molecule has 0 saturated carbocycles. The first kappa shape index (κ1) is 23.5. The summed E-state index contributed by atoms with van der Waals surface area (Å²) in [7, 11) is 3.93. The summed E-state index contributed by atoms with van der Waals surface area (Å²) in [6.45, 7) is 4.17. The van der Waals surface area contributed by atoms with Gasteiger partial charge in [-0.15, -0.1) is 24.0 Å². The quantitative estimate of drug-likeness (QED) is 0.333. The van der Waals surface area contributed by atoms with Crippen LogP contribution in [0.3, 0.4) is 0 Å². The third-order valence-electron chi connectivity index (χ3n) is 5.00. The number of ether oxygens (including phenoxy) is 2. The van der Waals surface area contributed by atoms with E-state index >= 15 is 0 Å². The van der Waals surface area contributed by atoms with Gasteiger partial charge in [0.2, 0.25) is 0 Å². The van der Waals surface area contributed by atoms with Gasteiger partial charge in [-0.05, 0) is 36.1 Å². The van der Waals surface area contributed by atoms with E-state index in [0.717, 1.165) is 50.9 Å². The fourth-order valence-corrected chi connectivity index (χ4v) is 3.40. The van der Waals surface area contributed by atoms with Gasteiger partial charge < -0.3 is 19.7 Å². The number of guanidine groups is 1. The second-order valence-corrected chi connectivity index (χ2v) is 7.25. The van der Waals surface area contributed by atoms with Gasteiger partial charge in [-0.3, -0.25) is 4.99 Å². The molecule has 2 aromatic carbocycles. The minimum atomic E-state index is 0. The van der Waals surface area contributed by atoms with E-state index in [-0.39, 0.29) is 24.0 Å². The molecule has 0 radical (unpaired) electrons.